The van der Waals surface area contributed by atoms with Crippen LogP contribution in [0.4, 0.5) is 5.69 Å². The van der Waals surface area contributed by atoms with Crippen molar-refractivity contribution in [3.63, 3.8) is 0 Å². The van der Waals surface area contributed by atoms with Crippen molar-refractivity contribution in [1.29, 1.82) is 0 Å². The van der Waals surface area contributed by atoms with Crippen LogP contribution in [0.15, 0.2) is 36.7 Å². The molecule has 0 saturated heterocycles. The molecule has 0 fully saturated rings. The van der Waals surface area contributed by atoms with Gasteiger partial charge in [-0.25, -0.2) is 0 Å². The van der Waals surface area contributed by atoms with Crippen molar-refractivity contribution < 1.29 is 4.79 Å². The summed E-state index contributed by atoms with van der Waals surface area (Å²) < 4.78 is 0. The monoisotopic (exact) mass is 282 g/mol. The minimum atomic E-state index is -0.0976. The summed E-state index contributed by atoms with van der Waals surface area (Å²) in [4.78, 5) is 20.7. The third-order valence-electron chi connectivity index (χ3n) is 3.69. The summed E-state index contributed by atoms with van der Waals surface area (Å²) in [6.45, 7) is 0. The van der Waals surface area contributed by atoms with Crippen LogP contribution < -0.4 is 11.1 Å². The van der Waals surface area contributed by atoms with Gasteiger partial charge in [-0.3, -0.25) is 14.8 Å². The smallest absolute Gasteiger partial charge is 0.224 e. The van der Waals surface area contributed by atoms with Gasteiger partial charge in [0.15, 0.2) is 0 Å². The summed E-state index contributed by atoms with van der Waals surface area (Å²) in [6.07, 6.45) is 6.55. The molecule has 0 aliphatic carbocycles. The van der Waals surface area contributed by atoms with E-state index in [-0.39, 0.29) is 11.9 Å². The molecule has 3 rings (SSSR count). The highest BCUT2D eigenvalue weighted by atomic mass is 16.1. The Hall–Kier alpha value is -2.27. The number of amides is 1. The maximum atomic E-state index is 12.0. The number of nitrogens with two attached hydrogens (primary N) is 1. The van der Waals surface area contributed by atoms with E-state index < -0.39 is 0 Å². The summed E-state index contributed by atoms with van der Waals surface area (Å²) in [5.41, 5.74) is 9.47. The summed E-state index contributed by atoms with van der Waals surface area (Å²) >= 11 is 0. The van der Waals surface area contributed by atoms with Crippen LogP contribution in [0, 0.1) is 0 Å². The number of hydrogen-bond donors (Lipinski definition) is 2. The Labute approximate surface area is 123 Å². The lowest BCUT2D eigenvalue weighted by Gasteiger charge is -2.15. The van der Waals surface area contributed by atoms with Gasteiger partial charge in [0, 0.05) is 30.4 Å². The van der Waals surface area contributed by atoms with Crippen LogP contribution >= 0.6 is 0 Å². The lowest BCUT2D eigenvalue weighted by Crippen LogP contribution is -2.15. The lowest BCUT2D eigenvalue weighted by molar-refractivity contribution is -0.116. The molecule has 0 radical (unpaired) electrons. The molecule has 3 N–H and O–H groups in total. The van der Waals surface area contributed by atoms with Crippen LogP contribution in [0.3, 0.4) is 0 Å². The third kappa shape index (κ3) is 3.08. The highest BCUT2D eigenvalue weighted by molar-refractivity contribution is 5.94. The Morgan fingerprint density at radius 3 is 3.00 bits per heavy atom. The van der Waals surface area contributed by atoms with Crippen molar-refractivity contribution in [1.82, 2.24) is 9.97 Å². The van der Waals surface area contributed by atoms with E-state index in [0.717, 1.165) is 41.9 Å². The number of rotatable bonds is 0. The lowest BCUT2D eigenvalue weighted by atomic mass is 10.0. The molecule has 21 heavy (non-hydrogen) atoms. The van der Waals surface area contributed by atoms with Crippen molar-refractivity contribution in [3.05, 3.63) is 42.4 Å². The quantitative estimate of drug-likeness (QED) is 0.778. The number of aromatic nitrogens is 2. The molecule has 3 heterocycles. The molecule has 1 atom stereocenters. The van der Waals surface area contributed by atoms with Crippen LogP contribution in [-0.2, 0) is 4.79 Å². The minimum Gasteiger partial charge on any atom is -0.324 e. The molecule has 1 amide bonds. The van der Waals surface area contributed by atoms with Crippen LogP contribution in [0.2, 0.25) is 0 Å². The van der Waals surface area contributed by atoms with Gasteiger partial charge in [0.1, 0.15) is 0 Å². The molecular formula is C16H18N4O. The zero-order chi connectivity index (χ0) is 14.7. The Bertz CT molecular complexity index is 656. The van der Waals surface area contributed by atoms with Crippen LogP contribution in [0.5, 0.6) is 0 Å². The molecule has 1 aliphatic rings. The van der Waals surface area contributed by atoms with E-state index in [2.05, 4.69) is 15.3 Å². The number of fused-ring (bicyclic) bond motifs is 4. The molecule has 0 saturated carbocycles. The zero-order valence-electron chi connectivity index (χ0n) is 11.7. The molecule has 2 aromatic rings. The summed E-state index contributed by atoms with van der Waals surface area (Å²) in [6, 6.07) is 7.44. The van der Waals surface area contributed by atoms with E-state index >= 15 is 0 Å². The number of anilines is 1. The highest BCUT2D eigenvalue weighted by Crippen LogP contribution is 2.28. The standard InChI is InChI=1S/C16H18N4O/c17-12-4-1-2-6-15(21)20-13-5-3-8-19-16(13)11-7-9-18-14(12)10-11/h3,5,7-10,12H,1-2,4,6,17H2,(H,20,21)/t12-/m0/s1. The molecule has 2 bridgehead atoms. The number of carbonyl (C=O) groups is 1. The Morgan fingerprint density at radius 1 is 1.19 bits per heavy atom. The molecule has 5 heteroatoms. The summed E-state index contributed by atoms with van der Waals surface area (Å²) in [7, 11) is 0. The fourth-order valence-corrected chi connectivity index (χ4v) is 2.55. The molecule has 0 aromatic carbocycles. The van der Waals surface area contributed by atoms with Crippen LogP contribution in [0.1, 0.15) is 37.4 Å². The maximum absolute atomic E-state index is 12.0. The van der Waals surface area contributed by atoms with Gasteiger partial charge in [-0.05, 0) is 37.1 Å². The van der Waals surface area contributed by atoms with Gasteiger partial charge >= 0.3 is 0 Å². The molecule has 0 spiro atoms. The highest BCUT2D eigenvalue weighted by Gasteiger charge is 2.14. The molecule has 0 unspecified atom stereocenters. The predicted molar refractivity (Wildman–Crippen MR) is 81.5 cm³/mol. The zero-order valence-corrected chi connectivity index (χ0v) is 11.7. The number of nitrogens with one attached hydrogen (secondary N) is 1. The van der Waals surface area contributed by atoms with E-state index in [1.807, 2.05) is 24.3 Å². The van der Waals surface area contributed by atoms with Gasteiger partial charge in [0.25, 0.3) is 0 Å². The average Bonchev–Trinajstić information content (AvgIpc) is 2.51. The fourth-order valence-electron chi connectivity index (χ4n) is 2.55. The fraction of sp³-hybridized carbons (Fsp3) is 0.312. The molecule has 5 nitrogen and oxygen atoms in total. The van der Waals surface area contributed by atoms with Crippen LogP contribution in [-0.4, -0.2) is 15.9 Å². The molecule has 2 aromatic heterocycles. The second-order valence-electron chi connectivity index (χ2n) is 5.27. The van der Waals surface area contributed by atoms with Crippen molar-refractivity contribution in [2.75, 3.05) is 5.32 Å². The Balaban J connectivity index is 2.08. The largest absolute Gasteiger partial charge is 0.324 e. The van der Waals surface area contributed by atoms with E-state index in [9.17, 15) is 4.79 Å². The minimum absolute atomic E-state index is 0.0210. The van der Waals surface area contributed by atoms with E-state index in [1.54, 1.807) is 12.4 Å². The molecule has 108 valence electrons. The van der Waals surface area contributed by atoms with Crippen LogP contribution in [0.25, 0.3) is 11.3 Å². The number of carbonyl (C=O) groups excluding carboxylic acids is 1. The van der Waals surface area contributed by atoms with Crippen molar-refractivity contribution >= 4 is 11.6 Å². The summed E-state index contributed by atoms with van der Waals surface area (Å²) in [5, 5.41) is 2.95. The van der Waals surface area contributed by atoms with Gasteiger partial charge in [0.2, 0.25) is 5.91 Å². The van der Waals surface area contributed by atoms with Gasteiger partial charge in [-0.1, -0.05) is 6.42 Å². The van der Waals surface area contributed by atoms with Crippen molar-refractivity contribution in [3.8, 4) is 11.3 Å². The Kier molecular flexibility index (Phi) is 3.92. The van der Waals surface area contributed by atoms with Gasteiger partial charge < -0.3 is 11.1 Å². The Morgan fingerprint density at radius 2 is 2.10 bits per heavy atom. The van der Waals surface area contributed by atoms with E-state index in [0.29, 0.717) is 6.42 Å². The second kappa shape index (κ2) is 6.01. The van der Waals surface area contributed by atoms with E-state index in [4.69, 9.17) is 5.73 Å². The first-order valence-corrected chi connectivity index (χ1v) is 7.21. The van der Waals surface area contributed by atoms with Gasteiger partial charge in [0.05, 0.1) is 17.1 Å². The first-order chi connectivity index (χ1) is 10.2. The van der Waals surface area contributed by atoms with Crippen molar-refractivity contribution in [2.45, 2.75) is 31.7 Å². The third-order valence-corrected chi connectivity index (χ3v) is 3.69. The second-order valence-corrected chi connectivity index (χ2v) is 5.27. The predicted octanol–water partition coefficient (Wildman–Crippen LogP) is 2.66. The molecule has 1 aliphatic heterocycles. The first-order valence-electron chi connectivity index (χ1n) is 7.21. The number of nitrogens with zero attached hydrogens (tertiary/aromatic N) is 2. The van der Waals surface area contributed by atoms with E-state index in [1.165, 1.54) is 0 Å². The van der Waals surface area contributed by atoms with Crippen molar-refractivity contribution in [2.24, 2.45) is 5.73 Å². The van der Waals surface area contributed by atoms with Gasteiger partial charge in [-0.2, -0.15) is 0 Å². The molecular weight excluding hydrogens is 264 g/mol. The SMILES string of the molecule is N[C@H]1CCCCC(=O)Nc2cccnc2-c2ccnc1c2. The van der Waals surface area contributed by atoms with Gasteiger partial charge in [-0.15, -0.1) is 0 Å². The normalized spacial score (nSPS) is 18.9. The summed E-state index contributed by atoms with van der Waals surface area (Å²) in [5.74, 6) is 0.0210. The number of hydrogen-bond acceptors (Lipinski definition) is 4. The first kappa shape index (κ1) is 13.7. The maximum Gasteiger partial charge on any atom is 0.224 e. The topological polar surface area (TPSA) is 80.9 Å². The number of pyridine rings is 2. The average molecular weight is 282 g/mol.